The summed E-state index contributed by atoms with van der Waals surface area (Å²) in [5.74, 6) is 0. The summed E-state index contributed by atoms with van der Waals surface area (Å²) in [6.45, 7) is 3.62. The zero-order valence-electron chi connectivity index (χ0n) is 8.27. The van der Waals surface area contributed by atoms with Crippen molar-refractivity contribution >= 4 is 11.8 Å². The lowest BCUT2D eigenvalue weighted by atomic mass is 10.3. The zero-order chi connectivity index (χ0) is 10.6. The molecule has 1 rings (SSSR count). The number of carboxylic acid groups (broad SMARTS) is 1. The third kappa shape index (κ3) is 2.65. The zero-order valence-corrected chi connectivity index (χ0v) is 8.27. The first-order valence-electron chi connectivity index (χ1n) is 4.45. The average molecular weight is 194 g/mol. The number of amides is 1. The molecule has 4 nitrogen and oxygen atoms in total. The summed E-state index contributed by atoms with van der Waals surface area (Å²) >= 11 is 0. The second-order valence-corrected chi connectivity index (χ2v) is 3.22. The molecule has 0 aliphatic rings. The van der Waals surface area contributed by atoms with E-state index in [0.29, 0.717) is 0 Å². The van der Waals surface area contributed by atoms with Crippen molar-refractivity contribution in [2.75, 3.05) is 5.43 Å². The highest BCUT2D eigenvalue weighted by molar-refractivity contribution is 5.67. The van der Waals surface area contributed by atoms with Crippen molar-refractivity contribution in [1.82, 2.24) is 5.01 Å². The summed E-state index contributed by atoms with van der Waals surface area (Å²) in [6, 6.07) is 9.11. The summed E-state index contributed by atoms with van der Waals surface area (Å²) in [7, 11) is 0. The smallest absolute Gasteiger partial charge is 0.426 e. The van der Waals surface area contributed by atoms with Gasteiger partial charge in [0.05, 0.1) is 11.7 Å². The molecule has 0 aliphatic heterocycles. The van der Waals surface area contributed by atoms with Crippen LogP contribution in [0.15, 0.2) is 30.3 Å². The molecule has 4 heteroatoms. The molecule has 1 aromatic rings. The highest BCUT2D eigenvalue weighted by Gasteiger charge is 2.14. The third-order valence-corrected chi connectivity index (χ3v) is 1.75. The van der Waals surface area contributed by atoms with Crippen LogP contribution in [-0.2, 0) is 0 Å². The molecule has 1 amide bonds. The second-order valence-electron chi connectivity index (χ2n) is 3.22. The largest absolute Gasteiger partial charge is 0.464 e. The molecule has 0 aromatic heterocycles. The van der Waals surface area contributed by atoms with Crippen LogP contribution in [0, 0.1) is 0 Å². The fourth-order valence-electron chi connectivity index (χ4n) is 1.05. The van der Waals surface area contributed by atoms with Crippen LogP contribution in [0.1, 0.15) is 13.8 Å². The first kappa shape index (κ1) is 10.4. The molecule has 0 unspecified atom stereocenters. The molecule has 0 radical (unpaired) electrons. The topological polar surface area (TPSA) is 52.6 Å². The van der Waals surface area contributed by atoms with E-state index < -0.39 is 6.09 Å². The van der Waals surface area contributed by atoms with Crippen LogP contribution in [0.4, 0.5) is 10.5 Å². The second kappa shape index (κ2) is 4.50. The van der Waals surface area contributed by atoms with Crippen LogP contribution in [0.25, 0.3) is 0 Å². The van der Waals surface area contributed by atoms with Crippen LogP contribution in [0.2, 0.25) is 0 Å². The number of hydrogen-bond donors (Lipinski definition) is 2. The van der Waals surface area contributed by atoms with Crippen molar-refractivity contribution in [3.8, 4) is 0 Å². The highest BCUT2D eigenvalue weighted by Crippen LogP contribution is 2.08. The minimum absolute atomic E-state index is 0.104. The first-order chi connectivity index (χ1) is 6.61. The van der Waals surface area contributed by atoms with E-state index in [2.05, 4.69) is 5.43 Å². The average Bonchev–Trinajstić information content (AvgIpc) is 2.15. The number of hydrogen-bond acceptors (Lipinski definition) is 2. The van der Waals surface area contributed by atoms with Gasteiger partial charge in [-0.05, 0) is 26.0 Å². The maximum Gasteiger partial charge on any atom is 0.426 e. The number of nitrogens with one attached hydrogen (secondary N) is 1. The lowest BCUT2D eigenvalue weighted by molar-refractivity contribution is 0.144. The lowest BCUT2D eigenvalue weighted by Gasteiger charge is -2.24. The van der Waals surface area contributed by atoms with Gasteiger partial charge in [-0.25, -0.2) is 9.80 Å². The third-order valence-electron chi connectivity index (χ3n) is 1.75. The lowest BCUT2D eigenvalue weighted by Crippen LogP contribution is -2.40. The van der Waals surface area contributed by atoms with Gasteiger partial charge in [0.25, 0.3) is 0 Å². The van der Waals surface area contributed by atoms with Gasteiger partial charge < -0.3 is 5.11 Å². The number of nitrogens with zero attached hydrogens (tertiary/aromatic N) is 1. The number of para-hydroxylation sites is 1. The Morgan fingerprint density at radius 1 is 1.36 bits per heavy atom. The normalized spacial score (nSPS) is 9.93. The predicted molar refractivity (Wildman–Crippen MR) is 55.1 cm³/mol. The summed E-state index contributed by atoms with van der Waals surface area (Å²) in [6.07, 6.45) is -0.983. The Morgan fingerprint density at radius 3 is 2.36 bits per heavy atom. The molecule has 0 saturated carbocycles. The molecule has 2 N–H and O–H groups in total. The van der Waals surface area contributed by atoms with Gasteiger partial charge in [-0.3, -0.25) is 5.43 Å². The van der Waals surface area contributed by atoms with Crippen molar-refractivity contribution in [2.45, 2.75) is 19.9 Å². The van der Waals surface area contributed by atoms with Crippen LogP contribution >= 0.6 is 0 Å². The first-order valence-corrected chi connectivity index (χ1v) is 4.45. The van der Waals surface area contributed by atoms with E-state index in [1.54, 1.807) is 0 Å². The number of rotatable bonds is 3. The van der Waals surface area contributed by atoms with Gasteiger partial charge in [0.15, 0.2) is 0 Å². The molecule has 0 atom stereocenters. The van der Waals surface area contributed by atoms with E-state index in [4.69, 9.17) is 5.11 Å². The van der Waals surface area contributed by atoms with Crippen molar-refractivity contribution in [1.29, 1.82) is 0 Å². The molecule has 0 fully saturated rings. The summed E-state index contributed by atoms with van der Waals surface area (Å²) < 4.78 is 0. The van der Waals surface area contributed by atoms with E-state index in [1.165, 1.54) is 0 Å². The number of anilines is 1. The quantitative estimate of drug-likeness (QED) is 0.726. The molecule has 0 saturated heterocycles. The monoisotopic (exact) mass is 194 g/mol. The minimum atomic E-state index is -0.983. The summed E-state index contributed by atoms with van der Waals surface area (Å²) in [5.41, 5.74) is 3.58. The van der Waals surface area contributed by atoms with Crippen LogP contribution in [0.3, 0.4) is 0 Å². The standard InChI is InChI=1S/C10H14N2O2/c1-8(2)12(10(13)14)11-9-6-4-3-5-7-9/h3-8,11H,1-2H3,(H,13,14). The Morgan fingerprint density at radius 2 is 1.93 bits per heavy atom. The van der Waals surface area contributed by atoms with Crippen LogP contribution in [0.5, 0.6) is 0 Å². The number of carbonyl (C=O) groups is 1. The maximum atomic E-state index is 10.8. The molecule has 0 spiro atoms. The Bertz CT molecular complexity index is 298. The van der Waals surface area contributed by atoms with Crippen molar-refractivity contribution < 1.29 is 9.90 Å². The molecule has 76 valence electrons. The van der Waals surface area contributed by atoms with E-state index in [-0.39, 0.29) is 6.04 Å². The van der Waals surface area contributed by atoms with Gasteiger partial charge in [0.2, 0.25) is 0 Å². The Hall–Kier alpha value is -1.71. The molecule has 1 aromatic carbocycles. The fraction of sp³-hybridized carbons (Fsp3) is 0.300. The Labute approximate surface area is 83.1 Å². The van der Waals surface area contributed by atoms with Crippen molar-refractivity contribution in [3.05, 3.63) is 30.3 Å². The molecule has 0 bridgehead atoms. The number of benzene rings is 1. The Balaban J connectivity index is 2.70. The van der Waals surface area contributed by atoms with Crippen LogP contribution < -0.4 is 5.43 Å². The van der Waals surface area contributed by atoms with Gasteiger partial charge in [-0.15, -0.1) is 0 Å². The van der Waals surface area contributed by atoms with E-state index in [9.17, 15) is 4.79 Å². The number of hydrazine groups is 1. The fourth-order valence-corrected chi connectivity index (χ4v) is 1.05. The summed E-state index contributed by atoms with van der Waals surface area (Å²) in [4.78, 5) is 10.8. The molecule has 14 heavy (non-hydrogen) atoms. The van der Waals surface area contributed by atoms with Gasteiger partial charge >= 0.3 is 6.09 Å². The predicted octanol–water partition coefficient (Wildman–Crippen LogP) is 2.40. The van der Waals surface area contributed by atoms with Crippen molar-refractivity contribution in [2.24, 2.45) is 0 Å². The molecular formula is C10H14N2O2. The van der Waals surface area contributed by atoms with Gasteiger partial charge in [0, 0.05) is 0 Å². The minimum Gasteiger partial charge on any atom is -0.464 e. The summed E-state index contributed by atoms with van der Waals surface area (Å²) in [5, 5.41) is 10.0. The molecule has 0 aliphatic carbocycles. The van der Waals surface area contributed by atoms with E-state index in [0.717, 1.165) is 10.7 Å². The SMILES string of the molecule is CC(C)N(Nc1ccccc1)C(=O)O. The van der Waals surface area contributed by atoms with Crippen LogP contribution in [-0.4, -0.2) is 22.3 Å². The highest BCUT2D eigenvalue weighted by atomic mass is 16.4. The van der Waals surface area contributed by atoms with Crippen molar-refractivity contribution in [3.63, 3.8) is 0 Å². The van der Waals surface area contributed by atoms with E-state index >= 15 is 0 Å². The van der Waals surface area contributed by atoms with Gasteiger partial charge in [0.1, 0.15) is 0 Å². The molecular weight excluding hydrogens is 180 g/mol. The Kier molecular flexibility index (Phi) is 3.34. The van der Waals surface area contributed by atoms with Gasteiger partial charge in [-0.1, -0.05) is 18.2 Å². The molecule has 0 heterocycles. The maximum absolute atomic E-state index is 10.8. The van der Waals surface area contributed by atoms with Gasteiger partial charge in [-0.2, -0.15) is 0 Å². The van der Waals surface area contributed by atoms with E-state index in [1.807, 2.05) is 44.2 Å².